The minimum atomic E-state index is -0.298. The van der Waals surface area contributed by atoms with Crippen molar-refractivity contribution in [2.24, 2.45) is 0 Å². The van der Waals surface area contributed by atoms with E-state index in [2.05, 4.69) is 5.10 Å². The highest BCUT2D eigenvalue weighted by Crippen LogP contribution is 2.13. The molecule has 3 rings (SSSR count). The molecule has 0 aliphatic rings. The minimum absolute atomic E-state index is 0.121. The molecule has 0 radical (unpaired) electrons. The number of hydrogen-bond donors (Lipinski definition) is 0. The summed E-state index contributed by atoms with van der Waals surface area (Å²) < 4.78 is 15.0. The van der Waals surface area contributed by atoms with E-state index in [0.29, 0.717) is 18.7 Å². The monoisotopic (exact) mass is 323 g/mol. The van der Waals surface area contributed by atoms with Crippen molar-refractivity contribution in [2.75, 3.05) is 6.54 Å². The average Bonchev–Trinajstić information content (AvgIpc) is 3.10. The fourth-order valence-corrected chi connectivity index (χ4v) is 2.52. The van der Waals surface area contributed by atoms with Gasteiger partial charge in [0.15, 0.2) is 0 Å². The average molecular weight is 323 g/mol. The predicted molar refractivity (Wildman–Crippen MR) is 90.4 cm³/mol. The zero-order valence-corrected chi connectivity index (χ0v) is 13.4. The number of nitrogens with zero attached hydrogens (tertiary/aromatic N) is 3. The van der Waals surface area contributed by atoms with E-state index in [0.717, 1.165) is 11.3 Å². The lowest BCUT2D eigenvalue weighted by atomic mass is 10.2. The number of aromatic nitrogens is 2. The summed E-state index contributed by atoms with van der Waals surface area (Å²) in [6, 6.07) is 15.9. The Labute approximate surface area is 140 Å². The summed E-state index contributed by atoms with van der Waals surface area (Å²) in [4.78, 5) is 14.4. The van der Waals surface area contributed by atoms with Crippen molar-refractivity contribution in [3.63, 3.8) is 0 Å². The summed E-state index contributed by atoms with van der Waals surface area (Å²) >= 11 is 0. The van der Waals surface area contributed by atoms with Gasteiger partial charge in [-0.15, -0.1) is 0 Å². The molecular weight excluding hydrogens is 305 g/mol. The standard InChI is InChI=1S/C19H18FN3O/c1-2-22(13-15-7-6-8-17(20)11-15)19(24)16-12-21-23(14-16)18-9-4-3-5-10-18/h3-12,14H,2,13H2,1H3. The number of carbonyl (C=O) groups is 1. The Morgan fingerprint density at radius 1 is 1.17 bits per heavy atom. The first kappa shape index (κ1) is 15.9. The lowest BCUT2D eigenvalue weighted by molar-refractivity contribution is 0.0752. The van der Waals surface area contributed by atoms with Crippen LogP contribution in [-0.2, 0) is 6.54 Å². The molecule has 0 bridgehead atoms. The second-order valence-electron chi connectivity index (χ2n) is 5.46. The highest BCUT2D eigenvalue weighted by atomic mass is 19.1. The van der Waals surface area contributed by atoms with Gasteiger partial charge in [0.05, 0.1) is 17.4 Å². The fraction of sp³-hybridized carbons (Fsp3) is 0.158. The summed E-state index contributed by atoms with van der Waals surface area (Å²) in [6.45, 7) is 2.80. The smallest absolute Gasteiger partial charge is 0.257 e. The molecule has 5 heteroatoms. The molecule has 1 aromatic heterocycles. The van der Waals surface area contributed by atoms with Crippen molar-refractivity contribution in [1.82, 2.24) is 14.7 Å². The molecule has 3 aromatic rings. The van der Waals surface area contributed by atoms with E-state index in [9.17, 15) is 9.18 Å². The summed E-state index contributed by atoms with van der Waals surface area (Å²) in [5.74, 6) is -0.420. The van der Waals surface area contributed by atoms with Crippen LogP contribution in [-0.4, -0.2) is 27.1 Å². The van der Waals surface area contributed by atoms with Gasteiger partial charge in [0, 0.05) is 19.3 Å². The lowest BCUT2D eigenvalue weighted by Gasteiger charge is -2.20. The van der Waals surface area contributed by atoms with Gasteiger partial charge in [-0.05, 0) is 36.8 Å². The van der Waals surface area contributed by atoms with E-state index < -0.39 is 0 Å². The van der Waals surface area contributed by atoms with Crippen LogP contribution in [0.1, 0.15) is 22.8 Å². The Morgan fingerprint density at radius 2 is 1.96 bits per heavy atom. The van der Waals surface area contributed by atoms with Gasteiger partial charge in [-0.3, -0.25) is 4.79 Å². The van der Waals surface area contributed by atoms with Crippen LogP contribution in [0, 0.1) is 5.82 Å². The van der Waals surface area contributed by atoms with Crippen molar-refractivity contribution < 1.29 is 9.18 Å². The molecule has 0 saturated carbocycles. The number of benzene rings is 2. The first-order valence-electron chi connectivity index (χ1n) is 7.81. The molecule has 0 saturated heterocycles. The molecule has 2 aromatic carbocycles. The zero-order valence-electron chi connectivity index (χ0n) is 13.4. The van der Waals surface area contributed by atoms with E-state index in [1.54, 1.807) is 28.0 Å². The Balaban J connectivity index is 1.78. The van der Waals surface area contributed by atoms with E-state index in [-0.39, 0.29) is 11.7 Å². The Kier molecular flexibility index (Phi) is 4.70. The number of amides is 1. The minimum Gasteiger partial charge on any atom is -0.334 e. The van der Waals surface area contributed by atoms with Crippen LogP contribution in [0.15, 0.2) is 67.0 Å². The molecule has 122 valence electrons. The molecule has 0 atom stereocenters. The number of halogens is 1. The first-order chi connectivity index (χ1) is 11.7. The summed E-state index contributed by atoms with van der Waals surface area (Å²) in [6.07, 6.45) is 3.27. The maximum absolute atomic E-state index is 13.3. The van der Waals surface area contributed by atoms with Gasteiger partial charge < -0.3 is 4.90 Å². The molecule has 4 nitrogen and oxygen atoms in total. The van der Waals surface area contributed by atoms with Crippen molar-refractivity contribution in [3.8, 4) is 5.69 Å². The summed E-state index contributed by atoms with van der Waals surface area (Å²) in [5, 5.41) is 4.25. The normalized spacial score (nSPS) is 10.6. The third-order valence-corrected chi connectivity index (χ3v) is 3.78. The maximum Gasteiger partial charge on any atom is 0.257 e. The third-order valence-electron chi connectivity index (χ3n) is 3.78. The van der Waals surface area contributed by atoms with E-state index >= 15 is 0 Å². The fourth-order valence-electron chi connectivity index (χ4n) is 2.52. The highest BCUT2D eigenvalue weighted by Gasteiger charge is 2.17. The Hall–Kier alpha value is -2.95. The van der Waals surface area contributed by atoms with Crippen LogP contribution in [0.3, 0.4) is 0 Å². The lowest BCUT2D eigenvalue weighted by Crippen LogP contribution is -2.30. The number of carbonyl (C=O) groups excluding carboxylic acids is 1. The van der Waals surface area contributed by atoms with E-state index in [4.69, 9.17) is 0 Å². The summed E-state index contributed by atoms with van der Waals surface area (Å²) in [7, 11) is 0. The van der Waals surface area contributed by atoms with Gasteiger partial charge in [0.1, 0.15) is 5.82 Å². The van der Waals surface area contributed by atoms with Crippen molar-refractivity contribution >= 4 is 5.91 Å². The van der Waals surface area contributed by atoms with Gasteiger partial charge in [0.2, 0.25) is 0 Å². The van der Waals surface area contributed by atoms with Crippen molar-refractivity contribution in [2.45, 2.75) is 13.5 Å². The molecule has 0 aliphatic heterocycles. The van der Waals surface area contributed by atoms with Crippen molar-refractivity contribution in [3.05, 3.63) is 83.9 Å². The highest BCUT2D eigenvalue weighted by molar-refractivity contribution is 5.93. The second-order valence-corrected chi connectivity index (χ2v) is 5.46. The molecule has 0 unspecified atom stereocenters. The maximum atomic E-state index is 13.3. The largest absolute Gasteiger partial charge is 0.334 e. The molecule has 0 N–H and O–H groups in total. The predicted octanol–water partition coefficient (Wildman–Crippen LogP) is 3.67. The topological polar surface area (TPSA) is 38.1 Å². The van der Waals surface area contributed by atoms with E-state index in [1.807, 2.05) is 43.3 Å². The van der Waals surface area contributed by atoms with Crippen molar-refractivity contribution in [1.29, 1.82) is 0 Å². The molecule has 0 fully saturated rings. The molecular formula is C19H18FN3O. The summed E-state index contributed by atoms with van der Waals surface area (Å²) in [5.41, 5.74) is 2.17. The molecule has 1 amide bonds. The zero-order chi connectivity index (χ0) is 16.9. The molecule has 24 heavy (non-hydrogen) atoms. The van der Waals surface area contributed by atoms with E-state index in [1.165, 1.54) is 12.1 Å². The van der Waals surface area contributed by atoms with Crippen LogP contribution >= 0.6 is 0 Å². The second kappa shape index (κ2) is 7.08. The van der Waals surface area contributed by atoms with Gasteiger partial charge in [-0.25, -0.2) is 9.07 Å². The Bertz CT molecular complexity index is 829. The molecule has 1 heterocycles. The van der Waals surface area contributed by atoms with Crippen LogP contribution in [0.5, 0.6) is 0 Å². The molecule has 0 aliphatic carbocycles. The van der Waals surface area contributed by atoms with Crippen LogP contribution in [0.25, 0.3) is 5.69 Å². The van der Waals surface area contributed by atoms with Crippen LogP contribution in [0.2, 0.25) is 0 Å². The third kappa shape index (κ3) is 3.51. The van der Waals surface area contributed by atoms with Crippen LogP contribution in [0.4, 0.5) is 4.39 Å². The van der Waals surface area contributed by atoms with Crippen LogP contribution < -0.4 is 0 Å². The number of rotatable bonds is 5. The van der Waals surface area contributed by atoms with Gasteiger partial charge in [-0.1, -0.05) is 30.3 Å². The molecule has 0 spiro atoms. The number of para-hydroxylation sites is 1. The quantitative estimate of drug-likeness (QED) is 0.718. The number of hydrogen-bond acceptors (Lipinski definition) is 2. The van der Waals surface area contributed by atoms with Gasteiger partial charge in [-0.2, -0.15) is 5.10 Å². The Morgan fingerprint density at radius 3 is 2.67 bits per heavy atom. The van der Waals surface area contributed by atoms with Gasteiger partial charge >= 0.3 is 0 Å². The van der Waals surface area contributed by atoms with Gasteiger partial charge in [0.25, 0.3) is 5.91 Å². The SMILES string of the molecule is CCN(Cc1cccc(F)c1)C(=O)c1cnn(-c2ccccc2)c1. The first-order valence-corrected chi connectivity index (χ1v) is 7.81.